The molecule has 0 aliphatic rings. The summed E-state index contributed by atoms with van der Waals surface area (Å²) in [5.74, 6) is -0.572. The third-order valence-corrected chi connectivity index (χ3v) is 6.71. The largest absolute Gasteiger partial charge is 0.354 e. The number of sulfonamides is 1. The molecule has 0 bridgehead atoms. The van der Waals surface area contributed by atoms with Crippen LogP contribution in [0, 0.1) is 12.8 Å². The maximum Gasteiger partial charge on any atom is 0.244 e. The minimum absolute atomic E-state index is 0.0696. The van der Waals surface area contributed by atoms with Gasteiger partial charge in [0.1, 0.15) is 12.6 Å². The molecule has 2 amide bonds. The van der Waals surface area contributed by atoms with E-state index in [2.05, 4.69) is 5.32 Å². The van der Waals surface area contributed by atoms with Crippen molar-refractivity contribution < 1.29 is 18.0 Å². The van der Waals surface area contributed by atoms with Crippen molar-refractivity contribution in [3.05, 3.63) is 64.7 Å². The van der Waals surface area contributed by atoms with Gasteiger partial charge in [0.05, 0.1) is 11.9 Å². The molecular formula is C24H32ClN3O4S. The van der Waals surface area contributed by atoms with Crippen LogP contribution >= 0.6 is 11.6 Å². The van der Waals surface area contributed by atoms with Crippen LogP contribution in [-0.4, -0.2) is 50.5 Å². The molecule has 0 unspecified atom stereocenters. The maximum absolute atomic E-state index is 13.5. The van der Waals surface area contributed by atoms with E-state index in [1.165, 1.54) is 4.90 Å². The Hall–Kier alpha value is -2.58. The van der Waals surface area contributed by atoms with Crippen LogP contribution in [0.3, 0.4) is 0 Å². The smallest absolute Gasteiger partial charge is 0.244 e. The van der Waals surface area contributed by atoms with Crippen LogP contribution in [0.1, 0.15) is 31.9 Å². The lowest BCUT2D eigenvalue weighted by molar-refractivity contribution is -0.139. The van der Waals surface area contributed by atoms with Gasteiger partial charge >= 0.3 is 0 Å². The first-order valence-corrected chi connectivity index (χ1v) is 13.0. The molecule has 33 heavy (non-hydrogen) atoms. The van der Waals surface area contributed by atoms with Crippen LogP contribution in [0.5, 0.6) is 0 Å². The number of nitrogens with zero attached hydrogens (tertiary/aromatic N) is 2. The fraction of sp³-hybridized carbons (Fsp3) is 0.417. The topological polar surface area (TPSA) is 86.8 Å². The van der Waals surface area contributed by atoms with Gasteiger partial charge in [-0.3, -0.25) is 13.9 Å². The fourth-order valence-corrected chi connectivity index (χ4v) is 4.39. The molecule has 2 aromatic carbocycles. The van der Waals surface area contributed by atoms with Crippen LogP contribution in [0.4, 0.5) is 5.69 Å². The summed E-state index contributed by atoms with van der Waals surface area (Å²) in [4.78, 5) is 27.7. The van der Waals surface area contributed by atoms with Crippen LogP contribution in [-0.2, 0) is 26.2 Å². The van der Waals surface area contributed by atoms with Crippen molar-refractivity contribution in [3.63, 3.8) is 0 Å². The molecule has 0 aliphatic carbocycles. The molecule has 7 nitrogen and oxygen atoms in total. The van der Waals surface area contributed by atoms with Gasteiger partial charge in [-0.1, -0.05) is 61.8 Å². The number of aryl methyl sites for hydroxylation is 1. The molecule has 0 heterocycles. The minimum Gasteiger partial charge on any atom is -0.354 e. The van der Waals surface area contributed by atoms with Gasteiger partial charge in [-0.2, -0.15) is 0 Å². The summed E-state index contributed by atoms with van der Waals surface area (Å²) in [7, 11) is -3.76. The molecule has 0 aromatic heterocycles. The number of carbonyl (C=O) groups excluding carboxylic acids is 2. The van der Waals surface area contributed by atoms with E-state index in [-0.39, 0.29) is 18.4 Å². The van der Waals surface area contributed by atoms with E-state index < -0.39 is 28.5 Å². The molecule has 0 radical (unpaired) electrons. The minimum atomic E-state index is -3.76. The number of anilines is 1. The van der Waals surface area contributed by atoms with E-state index in [0.29, 0.717) is 22.8 Å². The summed E-state index contributed by atoms with van der Waals surface area (Å²) in [6.07, 6.45) is 1.06. The molecule has 1 N–H and O–H groups in total. The number of carbonyl (C=O) groups is 2. The molecule has 2 rings (SSSR count). The predicted octanol–water partition coefficient (Wildman–Crippen LogP) is 3.60. The summed E-state index contributed by atoms with van der Waals surface area (Å²) in [5.41, 5.74) is 1.80. The average Bonchev–Trinajstić information content (AvgIpc) is 2.74. The first kappa shape index (κ1) is 26.7. The molecule has 0 saturated heterocycles. The number of hydrogen-bond donors (Lipinski definition) is 1. The van der Waals surface area contributed by atoms with Gasteiger partial charge in [-0.25, -0.2) is 8.42 Å². The normalized spacial score (nSPS) is 12.3. The van der Waals surface area contributed by atoms with Gasteiger partial charge in [0.15, 0.2) is 0 Å². The standard InChI is InChI=1S/C24H32ClN3O4S/c1-17(2)14-26-24(30)19(4)27(15-20-11-7-8-12-21(20)25)23(29)16-28(33(5,31)32)22-13-9-6-10-18(22)3/h6-13,17,19H,14-16H2,1-5H3,(H,26,30)/t19-/m0/s1. The summed E-state index contributed by atoms with van der Waals surface area (Å²) < 4.78 is 26.3. The third-order valence-electron chi connectivity index (χ3n) is 5.21. The highest BCUT2D eigenvalue weighted by Gasteiger charge is 2.30. The van der Waals surface area contributed by atoms with Gasteiger partial charge < -0.3 is 10.2 Å². The summed E-state index contributed by atoms with van der Waals surface area (Å²) in [6.45, 7) is 7.46. The molecule has 0 fully saturated rings. The second kappa shape index (κ2) is 11.5. The Morgan fingerprint density at radius 1 is 1.03 bits per heavy atom. The second-order valence-corrected chi connectivity index (χ2v) is 10.8. The van der Waals surface area contributed by atoms with Crippen LogP contribution in [0.25, 0.3) is 0 Å². The van der Waals surface area contributed by atoms with Crippen molar-refractivity contribution in [2.24, 2.45) is 5.92 Å². The van der Waals surface area contributed by atoms with Crippen molar-refractivity contribution >= 4 is 39.1 Å². The third kappa shape index (κ3) is 7.47. The number of para-hydroxylation sites is 1. The van der Waals surface area contributed by atoms with Crippen molar-refractivity contribution in [1.82, 2.24) is 10.2 Å². The SMILES string of the molecule is Cc1ccccc1N(CC(=O)N(Cc1ccccc1Cl)[C@@H](C)C(=O)NCC(C)C)S(C)(=O)=O. The number of halogens is 1. The predicted molar refractivity (Wildman–Crippen MR) is 133 cm³/mol. The van der Waals surface area contributed by atoms with Crippen molar-refractivity contribution in [1.29, 1.82) is 0 Å². The Labute approximate surface area is 201 Å². The number of benzene rings is 2. The zero-order chi connectivity index (χ0) is 24.8. The Kier molecular flexibility index (Phi) is 9.31. The molecule has 0 saturated carbocycles. The quantitative estimate of drug-likeness (QED) is 0.547. The lowest BCUT2D eigenvalue weighted by Gasteiger charge is -2.32. The van der Waals surface area contributed by atoms with E-state index in [4.69, 9.17) is 11.6 Å². The molecule has 0 aliphatic heterocycles. The molecule has 0 spiro atoms. The van der Waals surface area contributed by atoms with E-state index in [1.54, 1.807) is 62.4 Å². The van der Waals surface area contributed by atoms with Gasteiger partial charge in [-0.15, -0.1) is 0 Å². The van der Waals surface area contributed by atoms with Gasteiger partial charge in [0.25, 0.3) is 0 Å². The summed E-state index contributed by atoms with van der Waals surface area (Å²) >= 11 is 6.31. The van der Waals surface area contributed by atoms with Crippen molar-refractivity contribution in [3.8, 4) is 0 Å². The summed E-state index contributed by atoms with van der Waals surface area (Å²) in [5, 5.41) is 3.31. The molecule has 1 atom stereocenters. The van der Waals surface area contributed by atoms with E-state index in [1.807, 2.05) is 13.8 Å². The number of nitrogens with one attached hydrogen (secondary N) is 1. The number of rotatable bonds is 10. The number of hydrogen-bond acceptors (Lipinski definition) is 4. The highest BCUT2D eigenvalue weighted by atomic mass is 35.5. The van der Waals surface area contributed by atoms with E-state index in [9.17, 15) is 18.0 Å². The van der Waals surface area contributed by atoms with Crippen molar-refractivity contribution in [2.75, 3.05) is 23.7 Å². The Morgan fingerprint density at radius 3 is 2.21 bits per heavy atom. The van der Waals surface area contributed by atoms with E-state index in [0.717, 1.165) is 16.1 Å². The highest BCUT2D eigenvalue weighted by molar-refractivity contribution is 7.92. The monoisotopic (exact) mass is 493 g/mol. The second-order valence-electron chi connectivity index (χ2n) is 8.48. The van der Waals surface area contributed by atoms with Crippen LogP contribution in [0.15, 0.2) is 48.5 Å². The molecule has 180 valence electrons. The Morgan fingerprint density at radius 2 is 1.64 bits per heavy atom. The van der Waals surface area contributed by atoms with E-state index >= 15 is 0 Å². The first-order chi connectivity index (χ1) is 15.4. The van der Waals surface area contributed by atoms with Gasteiger partial charge in [-0.05, 0) is 43.0 Å². The zero-order valence-corrected chi connectivity index (χ0v) is 21.3. The fourth-order valence-electron chi connectivity index (χ4n) is 3.28. The lowest BCUT2D eigenvalue weighted by atomic mass is 10.1. The van der Waals surface area contributed by atoms with Gasteiger partial charge in [0.2, 0.25) is 21.8 Å². The number of amides is 2. The summed E-state index contributed by atoms with van der Waals surface area (Å²) in [6, 6.07) is 13.2. The lowest BCUT2D eigenvalue weighted by Crippen LogP contribution is -2.51. The highest BCUT2D eigenvalue weighted by Crippen LogP contribution is 2.23. The average molecular weight is 494 g/mol. The molecular weight excluding hydrogens is 462 g/mol. The van der Waals surface area contributed by atoms with Crippen LogP contribution < -0.4 is 9.62 Å². The first-order valence-electron chi connectivity index (χ1n) is 10.8. The molecule has 2 aromatic rings. The van der Waals surface area contributed by atoms with Crippen molar-refractivity contribution in [2.45, 2.75) is 40.3 Å². The maximum atomic E-state index is 13.5. The Balaban J connectivity index is 2.39. The zero-order valence-electron chi connectivity index (χ0n) is 19.7. The van der Waals surface area contributed by atoms with Crippen LogP contribution in [0.2, 0.25) is 5.02 Å². The van der Waals surface area contributed by atoms with Gasteiger partial charge in [0, 0.05) is 18.1 Å². The Bertz CT molecular complexity index is 1090. The molecule has 9 heteroatoms.